The fourth-order valence-electron chi connectivity index (χ4n) is 1.87. The van der Waals surface area contributed by atoms with Crippen molar-refractivity contribution in [3.05, 3.63) is 52.2 Å². The highest BCUT2D eigenvalue weighted by Crippen LogP contribution is 2.19. The minimum atomic E-state index is 0.452. The van der Waals surface area contributed by atoms with Crippen LogP contribution in [0.15, 0.2) is 41.1 Å². The van der Waals surface area contributed by atoms with E-state index in [1.165, 1.54) is 5.56 Å². The smallest absolute Gasteiger partial charge is 0.106 e. The lowest BCUT2D eigenvalue weighted by molar-refractivity contribution is 0.878. The third-order valence-corrected chi connectivity index (χ3v) is 3.85. The Morgan fingerprint density at radius 2 is 2.11 bits per heavy atom. The summed E-state index contributed by atoms with van der Waals surface area (Å²) < 4.78 is 0. The van der Waals surface area contributed by atoms with Crippen LogP contribution in [-0.4, -0.2) is 18.6 Å². The molecule has 0 bridgehead atoms. The number of likely N-dealkylation sites (N-methyl/N-ethyl adjacent to an activating group) is 1. The van der Waals surface area contributed by atoms with E-state index >= 15 is 0 Å². The molecule has 0 saturated carbocycles. The van der Waals surface area contributed by atoms with Crippen LogP contribution in [0, 0.1) is 0 Å². The molecule has 0 spiro atoms. The number of para-hydroxylation sites is 1. The normalized spacial score (nSPS) is 10.3. The fraction of sp³-hybridized carbons (Fsp3) is 0.214. The monoisotopic (exact) mass is 276 g/mol. The van der Waals surface area contributed by atoms with Gasteiger partial charge in [0.1, 0.15) is 4.99 Å². The summed E-state index contributed by atoms with van der Waals surface area (Å²) in [6.07, 6.45) is 1.03. The maximum atomic E-state index is 5.75. The lowest BCUT2D eigenvalue weighted by atomic mass is 10.1. The lowest BCUT2D eigenvalue weighted by Crippen LogP contribution is -2.23. The molecule has 2 nitrogen and oxygen atoms in total. The summed E-state index contributed by atoms with van der Waals surface area (Å²) in [5.41, 5.74) is 9.17. The predicted octanol–water partition coefficient (Wildman–Crippen LogP) is 3.06. The van der Waals surface area contributed by atoms with Crippen molar-refractivity contribution >= 4 is 34.2 Å². The molecule has 1 aromatic carbocycles. The number of thiophene rings is 1. The Kier molecular flexibility index (Phi) is 4.33. The van der Waals surface area contributed by atoms with Crippen LogP contribution in [0.5, 0.6) is 0 Å². The first-order valence-corrected chi connectivity index (χ1v) is 7.14. The van der Waals surface area contributed by atoms with Crippen molar-refractivity contribution in [3.8, 4) is 0 Å². The SMILES string of the molecule is CN(CCc1ccsc1)c1ccccc1C(N)=S. The second-order valence-corrected chi connectivity index (χ2v) is 5.40. The van der Waals surface area contributed by atoms with E-state index in [-0.39, 0.29) is 0 Å². The highest BCUT2D eigenvalue weighted by atomic mass is 32.1. The number of nitrogens with zero attached hydrogens (tertiary/aromatic N) is 1. The zero-order valence-corrected chi connectivity index (χ0v) is 11.9. The Balaban J connectivity index is 2.09. The number of nitrogens with two attached hydrogens (primary N) is 1. The Bertz CT molecular complexity index is 520. The first-order valence-electron chi connectivity index (χ1n) is 5.79. The van der Waals surface area contributed by atoms with Gasteiger partial charge in [-0.15, -0.1) is 0 Å². The second-order valence-electron chi connectivity index (χ2n) is 4.18. The molecule has 1 aromatic heterocycles. The van der Waals surface area contributed by atoms with E-state index in [1.807, 2.05) is 18.2 Å². The number of hydrogen-bond donors (Lipinski definition) is 1. The summed E-state index contributed by atoms with van der Waals surface area (Å²) in [4.78, 5) is 2.65. The minimum Gasteiger partial charge on any atom is -0.389 e. The first kappa shape index (κ1) is 13.1. The maximum absolute atomic E-state index is 5.75. The van der Waals surface area contributed by atoms with Gasteiger partial charge in [-0.05, 0) is 40.9 Å². The molecule has 2 aromatic rings. The summed E-state index contributed by atoms with van der Waals surface area (Å²) in [6, 6.07) is 10.2. The number of benzene rings is 1. The van der Waals surface area contributed by atoms with Gasteiger partial charge >= 0.3 is 0 Å². The van der Waals surface area contributed by atoms with Gasteiger partial charge in [-0.2, -0.15) is 11.3 Å². The van der Waals surface area contributed by atoms with E-state index in [0.29, 0.717) is 4.99 Å². The van der Waals surface area contributed by atoms with Crippen LogP contribution < -0.4 is 10.6 Å². The molecule has 0 aliphatic carbocycles. The average Bonchev–Trinajstić information content (AvgIpc) is 2.89. The average molecular weight is 276 g/mol. The molecule has 0 amide bonds. The van der Waals surface area contributed by atoms with Gasteiger partial charge in [-0.3, -0.25) is 0 Å². The molecule has 2 N–H and O–H groups in total. The summed E-state index contributed by atoms with van der Waals surface area (Å²) in [6.45, 7) is 0.955. The van der Waals surface area contributed by atoms with Gasteiger partial charge in [0, 0.05) is 24.8 Å². The third-order valence-electron chi connectivity index (χ3n) is 2.90. The zero-order chi connectivity index (χ0) is 13.0. The van der Waals surface area contributed by atoms with E-state index in [1.54, 1.807) is 11.3 Å². The zero-order valence-electron chi connectivity index (χ0n) is 10.3. The molecule has 18 heavy (non-hydrogen) atoms. The second kappa shape index (κ2) is 5.98. The van der Waals surface area contributed by atoms with E-state index in [9.17, 15) is 0 Å². The number of anilines is 1. The van der Waals surface area contributed by atoms with Crippen LogP contribution in [0.4, 0.5) is 5.69 Å². The van der Waals surface area contributed by atoms with Crippen molar-refractivity contribution in [1.29, 1.82) is 0 Å². The highest BCUT2D eigenvalue weighted by Gasteiger charge is 2.08. The van der Waals surface area contributed by atoms with Gasteiger partial charge in [-0.25, -0.2) is 0 Å². The highest BCUT2D eigenvalue weighted by molar-refractivity contribution is 7.80. The van der Waals surface area contributed by atoms with Crippen molar-refractivity contribution in [1.82, 2.24) is 0 Å². The van der Waals surface area contributed by atoms with Gasteiger partial charge in [0.25, 0.3) is 0 Å². The molecule has 0 unspecified atom stereocenters. The van der Waals surface area contributed by atoms with Crippen molar-refractivity contribution in [2.75, 3.05) is 18.5 Å². The summed E-state index contributed by atoms with van der Waals surface area (Å²) in [7, 11) is 2.07. The molecule has 2 rings (SSSR count). The van der Waals surface area contributed by atoms with Crippen molar-refractivity contribution < 1.29 is 0 Å². The molecule has 0 atom stereocenters. The molecule has 0 radical (unpaired) electrons. The molecular formula is C14H16N2S2. The fourth-order valence-corrected chi connectivity index (χ4v) is 2.74. The Hall–Kier alpha value is -1.39. The van der Waals surface area contributed by atoms with E-state index in [2.05, 4.69) is 34.8 Å². The standard InChI is InChI=1S/C14H16N2S2/c1-16(8-6-11-7-9-18-10-11)13-5-3-2-4-12(13)14(15)17/h2-5,7,9-10H,6,8H2,1H3,(H2,15,17). The van der Waals surface area contributed by atoms with E-state index < -0.39 is 0 Å². The molecule has 0 aliphatic rings. The topological polar surface area (TPSA) is 29.3 Å². The van der Waals surface area contributed by atoms with Crippen LogP contribution in [0.2, 0.25) is 0 Å². The van der Waals surface area contributed by atoms with Gasteiger partial charge in [-0.1, -0.05) is 24.4 Å². The number of hydrogen-bond acceptors (Lipinski definition) is 3. The first-order chi connectivity index (χ1) is 8.68. The van der Waals surface area contributed by atoms with Crippen LogP contribution in [0.25, 0.3) is 0 Å². The van der Waals surface area contributed by atoms with E-state index in [4.69, 9.17) is 18.0 Å². The van der Waals surface area contributed by atoms with Crippen LogP contribution in [0.3, 0.4) is 0 Å². The molecule has 1 heterocycles. The molecule has 4 heteroatoms. The third kappa shape index (κ3) is 3.09. The summed E-state index contributed by atoms with van der Waals surface area (Å²) in [5.74, 6) is 0. The van der Waals surface area contributed by atoms with Crippen molar-refractivity contribution in [2.45, 2.75) is 6.42 Å². The van der Waals surface area contributed by atoms with Gasteiger partial charge in [0.15, 0.2) is 0 Å². The minimum absolute atomic E-state index is 0.452. The van der Waals surface area contributed by atoms with Gasteiger partial charge in [0.2, 0.25) is 0 Å². The van der Waals surface area contributed by atoms with Gasteiger partial charge in [0.05, 0.1) is 0 Å². The summed E-state index contributed by atoms with van der Waals surface area (Å²) >= 11 is 6.82. The molecule has 0 aliphatic heterocycles. The predicted molar refractivity (Wildman–Crippen MR) is 83.6 cm³/mol. The number of thiocarbonyl (C=S) groups is 1. The maximum Gasteiger partial charge on any atom is 0.106 e. The Morgan fingerprint density at radius 1 is 1.33 bits per heavy atom. The van der Waals surface area contributed by atoms with Crippen molar-refractivity contribution in [2.24, 2.45) is 5.73 Å². The molecule has 0 saturated heterocycles. The quantitative estimate of drug-likeness (QED) is 0.851. The Labute approximate surface area is 117 Å². The Morgan fingerprint density at radius 3 is 2.78 bits per heavy atom. The van der Waals surface area contributed by atoms with Crippen LogP contribution in [-0.2, 0) is 6.42 Å². The summed E-state index contributed by atoms with van der Waals surface area (Å²) in [5, 5.41) is 4.30. The molecular weight excluding hydrogens is 260 g/mol. The lowest BCUT2D eigenvalue weighted by Gasteiger charge is -2.21. The largest absolute Gasteiger partial charge is 0.389 e. The van der Waals surface area contributed by atoms with Crippen LogP contribution in [0.1, 0.15) is 11.1 Å². The van der Waals surface area contributed by atoms with Crippen LogP contribution >= 0.6 is 23.6 Å². The molecule has 94 valence electrons. The van der Waals surface area contributed by atoms with E-state index in [0.717, 1.165) is 24.2 Å². The molecule has 0 fully saturated rings. The van der Waals surface area contributed by atoms with Gasteiger partial charge < -0.3 is 10.6 Å². The number of rotatable bonds is 5. The van der Waals surface area contributed by atoms with Crippen molar-refractivity contribution in [3.63, 3.8) is 0 Å².